The SMILES string of the molecule is CC12CC(O)CCC1(C)C1C(O)C(=O)C3(C)C(C4=CC(=O)OC4)CCC3(O)C13OC3C2. The van der Waals surface area contributed by atoms with Crippen LogP contribution < -0.4 is 0 Å². The topological polar surface area (TPSA) is 117 Å². The number of ether oxygens (including phenoxy) is 2. The average molecular weight is 433 g/mol. The molecule has 31 heavy (non-hydrogen) atoms. The number of aliphatic hydroxyl groups excluding tert-OH is 2. The van der Waals surface area contributed by atoms with Crippen LogP contribution in [0.3, 0.4) is 0 Å². The number of Topliss-reactive ketones (excluding diaryl/α,β-unsaturated/α-hetero) is 1. The summed E-state index contributed by atoms with van der Waals surface area (Å²) in [6, 6.07) is 0. The van der Waals surface area contributed by atoms with Crippen LogP contribution in [0.1, 0.15) is 59.3 Å². The van der Waals surface area contributed by atoms with Gasteiger partial charge in [0.2, 0.25) is 0 Å². The minimum atomic E-state index is -1.41. The number of ketones is 1. The highest BCUT2D eigenvalue weighted by molar-refractivity contribution is 5.94. The molecule has 0 bridgehead atoms. The van der Waals surface area contributed by atoms with Gasteiger partial charge in [-0.2, -0.15) is 0 Å². The highest BCUT2D eigenvalue weighted by Crippen LogP contribution is 2.79. The van der Waals surface area contributed by atoms with Crippen molar-refractivity contribution in [1.29, 1.82) is 0 Å². The predicted octanol–water partition coefficient (Wildman–Crippen LogP) is 1.28. The van der Waals surface area contributed by atoms with Crippen molar-refractivity contribution in [2.24, 2.45) is 28.1 Å². The van der Waals surface area contributed by atoms with Gasteiger partial charge in [0.25, 0.3) is 0 Å². The summed E-state index contributed by atoms with van der Waals surface area (Å²) in [5, 5.41) is 34.3. The van der Waals surface area contributed by atoms with Gasteiger partial charge in [-0.1, -0.05) is 13.8 Å². The van der Waals surface area contributed by atoms with Crippen LogP contribution in [0.4, 0.5) is 0 Å². The van der Waals surface area contributed by atoms with Gasteiger partial charge >= 0.3 is 5.97 Å². The first-order valence-corrected chi connectivity index (χ1v) is 11.6. The van der Waals surface area contributed by atoms with E-state index in [9.17, 15) is 24.9 Å². The molecular formula is C24H32O7. The molecule has 170 valence electrons. The van der Waals surface area contributed by atoms with Gasteiger partial charge < -0.3 is 24.8 Å². The van der Waals surface area contributed by atoms with E-state index in [1.54, 1.807) is 6.92 Å². The molecule has 4 aliphatic carbocycles. The van der Waals surface area contributed by atoms with Gasteiger partial charge in [-0.3, -0.25) is 4.79 Å². The number of carbonyl (C=O) groups excluding carboxylic acids is 2. The van der Waals surface area contributed by atoms with Gasteiger partial charge in [0, 0.05) is 12.0 Å². The first kappa shape index (κ1) is 20.3. The third-order valence-corrected chi connectivity index (χ3v) is 10.8. The second-order valence-corrected chi connectivity index (χ2v) is 11.7. The maximum atomic E-state index is 13.9. The molecule has 6 aliphatic rings. The Morgan fingerprint density at radius 2 is 1.81 bits per heavy atom. The van der Waals surface area contributed by atoms with E-state index in [1.807, 2.05) is 0 Å². The third kappa shape index (κ3) is 1.98. The largest absolute Gasteiger partial charge is 0.458 e. The number of hydrogen-bond donors (Lipinski definition) is 3. The van der Waals surface area contributed by atoms with Crippen molar-refractivity contribution in [2.45, 2.75) is 88.8 Å². The lowest BCUT2D eigenvalue weighted by atomic mass is 9.38. The molecule has 1 spiro atoms. The van der Waals surface area contributed by atoms with Crippen LogP contribution in [0.2, 0.25) is 0 Å². The molecule has 0 amide bonds. The Hall–Kier alpha value is -1.28. The maximum Gasteiger partial charge on any atom is 0.331 e. The highest BCUT2D eigenvalue weighted by Gasteiger charge is 2.89. The van der Waals surface area contributed by atoms with Gasteiger partial charge in [0.1, 0.15) is 23.9 Å². The van der Waals surface area contributed by atoms with Gasteiger partial charge in [-0.15, -0.1) is 0 Å². The van der Waals surface area contributed by atoms with Crippen molar-refractivity contribution >= 4 is 11.8 Å². The Kier molecular flexibility index (Phi) is 3.68. The average Bonchev–Trinajstić information content (AvgIpc) is 3.11. The lowest BCUT2D eigenvalue weighted by molar-refractivity contribution is -0.238. The number of aliphatic hydroxyl groups is 3. The number of rotatable bonds is 1. The first-order valence-electron chi connectivity index (χ1n) is 11.6. The van der Waals surface area contributed by atoms with Crippen molar-refractivity contribution in [3.63, 3.8) is 0 Å². The second kappa shape index (κ2) is 5.61. The van der Waals surface area contributed by atoms with E-state index in [1.165, 1.54) is 6.08 Å². The van der Waals surface area contributed by atoms with Crippen LogP contribution >= 0.6 is 0 Å². The molecular weight excluding hydrogens is 400 g/mol. The van der Waals surface area contributed by atoms with Crippen LogP contribution in [-0.4, -0.2) is 63.2 Å². The molecule has 3 N–H and O–H groups in total. The zero-order valence-electron chi connectivity index (χ0n) is 18.4. The molecule has 7 nitrogen and oxygen atoms in total. The summed E-state index contributed by atoms with van der Waals surface area (Å²) in [6.07, 6.45) is 3.10. The van der Waals surface area contributed by atoms with E-state index >= 15 is 0 Å². The summed E-state index contributed by atoms with van der Waals surface area (Å²) in [5.74, 6) is -1.65. The van der Waals surface area contributed by atoms with Gasteiger partial charge in [0.15, 0.2) is 5.78 Å². The summed E-state index contributed by atoms with van der Waals surface area (Å²) in [4.78, 5) is 25.6. The van der Waals surface area contributed by atoms with E-state index in [4.69, 9.17) is 9.47 Å². The maximum absolute atomic E-state index is 13.9. The van der Waals surface area contributed by atoms with Crippen LogP contribution in [0.15, 0.2) is 11.6 Å². The Balaban J connectivity index is 1.49. The van der Waals surface area contributed by atoms with Crippen LogP contribution in [0.5, 0.6) is 0 Å². The van der Waals surface area contributed by atoms with E-state index < -0.39 is 46.1 Å². The van der Waals surface area contributed by atoms with Crippen molar-refractivity contribution in [3.8, 4) is 0 Å². The number of esters is 1. The lowest BCUT2D eigenvalue weighted by Crippen LogP contribution is -2.76. The number of cyclic esters (lactones) is 1. The van der Waals surface area contributed by atoms with Crippen molar-refractivity contribution in [1.82, 2.24) is 0 Å². The molecule has 0 radical (unpaired) electrons. The number of epoxide rings is 1. The van der Waals surface area contributed by atoms with E-state index in [0.29, 0.717) is 38.5 Å². The lowest BCUT2D eigenvalue weighted by Gasteiger charge is -2.65. The molecule has 10 unspecified atom stereocenters. The number of carbonyl (C=O) groups is 2. The summed E-state index contributed by atoms with van der Waals surface area (Å²) < 4.78 is 11.5. The molecule has 0 aromatic heterocycles. The second-order valence-electron chi connectivity index (χ2n) is 11.7. The Labute approximate surface area is 181 Å². The normalized spacial score (nSPS) is 59.8. The standard InChI is InChI=1S/C24H32O7/c1-20-9-13(25)4-6-21(20,2)18-17(27)19(28)22(3)14(12-8-16(26)30-11-12)5-7-23(22,29)24(18)15(10-20)31-24/h8,13-15,17-18,25,27,29H,4-7,9-11H2,1-3H3. The Morgan fingerprint density at radius 3 is 2.48 bits per heavy atom. The quantitative estimate of drug-likeness (QED) is 0.422. The predicted molar refractivity (Wildman–Crippen MR) is 108 cm³/mol. The van der Waals surface area contributed by atoms with Crippen molar-refractivity contribution in [3.05, 3.63) is 11.6 Å². The summed E-state index contributed by atoms with van der Waals surface area (Å²) in [6.45, 7) is 6.14. The minimum absolute atomic E-state index is 0.132. The molecule has 1 saturated heterocycles. The Morgan fingerprint density at radius 1 is 1.06 bits per heavy atom. The molecule has 2 aliphatic heterocycles. The van der Waals surface area contributed by atoms with Gasteiger partial charge in [-0.25, -0.2) is 4.79 Å². The van der Waals surface area contributed by atoms with Gasteiger partial charge in [-0.05, 0) is 67.8 Å². The summed E-state index contributed by atoms with van der Waals surface area (Å²) in [5.41, 5.74) is -3.61. The van der Waals surface area contributed by atoms with Crippen LogP contribution in [0, 0.1) is 28.1 Å². The van der Waals surface area contributed by atoms with Crippen molar-refractivity contribution < 1.29 is 34.4 Å². The van der Waals surface area contributed by atoms with Crippen LogP contribution in [-0.2, 0) is 19.1 Å². The van der Waals surface area contributed by atoms with Crippen molar-refractivity contribution in [2.75, 3.05) is 6.61 Å². The third-order valence-electron chi connectivity index (χ3n) is 10.8. The Bertz CT molecular complexity index is 929. The first-order chi connectivity index (χ1) is 14.4. The fourth-order valence-electron chi connectivity index (χ4n) is 9.00. The number of hydrogen-bond acceptors (Lipinski definition) is 7. The smallest absolute Gasteiger partial charge is 0.331 e. The van der Waals surface area contributed by atoms with Gasteiger partial charge in [0.05, 0.1) is 17.6 Å². The molecule has 0 aromatic rings. The molecule has 6 rings (SSSR count). The van der Waals surface area contributed by atoms with E-state index in [0.717, 1.165) is 5.57 Å². The molecule has 7 heteroatoms. The monoisotopic (exact) mass is 432 g/mol. The summed E-state index contributed by atoms with van der Waals surface area (Å²) in [7, 11) is 0. The zero-order chi connectivity index (χ0) is 22.2. The zero-order valence-corrected chi connectivity index (χ0v) is 18.4. The fraction of sp³-hybridized carbons (Fsp3) is 0.833. The van der Waals surface area contributed by atoms with E-state index in [2.05, 4.69) is 13.8 Å². The van der Waals surface area contributed by atoms with E-state index in [-0.39, 0.29) is 29.8 Å². The number of fused-ring (bicyclic) bond motifs is 3. The highest BCUT2D eigenvalue weighted by atomic mass is 16.6. The molecule has 2 heterocycles. The molecule has 10 atom stereocenters. The molecule has 5 fully saturated rings. The van der Waals surface area contributed by atoms with Crippen LogP contribution in [0.25, 0.3) is 0 Å². The fourth-order valence-corrected chi connectivity index (χ4v) is 9.00. The molecule has 4 saturated carbocycles. The molecule has 0 aromatic carbocycles. The minimum Gasteiger partial charge on any atom is -0.458 e. The summed E-state index contributed by atoms with van der Waals surface area (Å²) >= 11 is 0.